The number of aliphatic carboxylic acids is 2. The molecule has 47 heteroatoms. The predicted octanol–water partition coefficient (Wildman–Crippen LogP) is -5.85. The van der Waals surface area contributed by atoms with E-state index < -0.39 is 274 Å². The molecule has 7 rings (SSSR count). The van der Waals surface area contributed by atoms with Crippen LogP contribution in [-0.2, 0) is 116 Å². The Hall–Kier alpha value is -14.8. The Morgan fingerprint density at radius 1 is 0.500 bits per heavy atom. The molecule has 0 radical (unpaired) electrons. The van der Waals surface area contributed by atoms with Crippen LogP contribution in [0, 0.1) is 5.41 Å². The topological polar surface area (TPSA) is 774 Å². The number of nitrogens with two attached hydrogens (primary N) is 6. The Morgan fingerprint density at radius 3 is 1.65 bits per heavy atom. The second-order valence-corrected chi connectivity index (χ2v) is 31.4. The lowest BCUT2D eigenvalue weighted by molar-refractivity contribution is -0.141. The summed E-state index contributed by atoms with van der Waals surface area (Å²) < 4.78 is 5.27. The van der Waals surface area contributed by atoms with Crippen molar-refractivity contribution >= 4 is 152 Å². The number of thioether (sulfide) groups is 1. The van der Waals surface area contributed by atoms with Crippen molar-refractivity contribution in [2.45, 2.75) is 175 Å². The quantitative estimate of drug-likeness (QED) is 0.00961. The fraction of sp³-hybridized carbons (Fsp3) is 0.422. The molecule has 2 aromatic heterocycles. The van der Waals surface area contributed by atoms with E-state index in [2.05, 4.69) is 84.4 Å². The number of H-pyrrole nitrogens is 2. The van der Waals surface area contributed by atoms with Crippen molar-refractivity contribution < 1.29 is 111 Å². The van der Waals surface area contributed by atoms with Crippen molar-refractivity contribution in [3.05, 3.63) is 137 Å². The number of carboxylic acid groups (broad SMARTS) is 2. The number of hydrogen-bond acceptors (Lipinski definition) is 24. The highest BCUT2D eigenvalue weighted by molar-refractivity contribution is 7.98. The van der Waals surface area contributed by atoms with Crippen LogP contribution >= 0.6 is 11.8 Å². The molecule has 46 nitrogen and oxygen atoms in total. The number of aromatic amines is 2. The van der Waals surface area contributed by atoms with Crippen molar-refractivity contribution in [2.75, 3.05) is 45.1 Å². The van der Waals surface area contributed by atoms with Crippen LogP contribution in [0.5, 0.6) is 5.75 Å². The van der Waals surface area contributed by atoms with Crippen LogP contribution in [0.2, 0.25) is 0 Å². The molecule has 11 atom stereocenters. The van der Waals surface area contributed by atoms with Crippen molar-refractivity contribution in [3.8, 4) is 5.75 Å². The van der Waals surface area contributed by atoms with Crippen molar-refractivity contribution in [2.24, 2.45) is 34.4 Å². The van der Waals surface area contributed by atoms with Crippen molar-refractivity contribution in [1.29, 1.82) is 5.41 Å². The third-order valence-electron chi connectivity index (χ3n) is 20.3. The standard InChI is InChI=1S/C83H109N23O23S/c84-28-8-7-16-53(71(88)117)96-68(112)40-129-31-30-91-67(111)39-95-73(119)61(35-66(87)110)104-76(122)57(24-27-69(113)114)99-74(120)54(17-9-29-92-83(89)90)98-79(125)59(33-45-37-93-51-14-5-3-11-48(45)51)102-78(124)58(32-43-18-20-47(107)21-19-43)101-82(128)63-42-130-41-44-10-1-2-13-50(44)72(118)97-55(22-25-64(85)108)75(121)105-62(36-70(115)116)81(127)103-60(34-46-38-94-52-15-6-4-12-49(46)52)80(126)100-56(77(123)106-63)23-26-65(86)109/h1-6,10-15,18-21,37-38,53-63,93-94,107H,7-9,16-17,22-36,39-42,84H2,(H2,85,108)(H2,86,109)(H2,87,110)(H2,88,117)(H,91,111)(H,95,119)(H,96,112)(H,97,118)(H,98,125)(H,99,120)(H,100,126)(H,101,128)(H,102,124)(H,103,127)(H,104,122)(H,105,121)(H,106,123)(H,113,114)(H,115,116)(H4,89,90,92)/t53-,54+,55+,56+,57+,58+,59+,60+,61+,62+,63+/m1/s1. The number of phenolic OH excluding ortho intramolecular Hbond substituents is 1. The van der Waals surface area contributed by atoms with Gasteiger partial charge < -0.3 is 139 Å². The molecule has 700 valence electrons. The molecule has 32 N–H and O–H groups in total. The second kappa shape index (κ2) is 51.7. The maximum Gasteiger partial charge on any atom is 0.305 e. The highest BCUT2D eigenvalue weighted by Gasteiger charge is 2.39. The molecule has 130 heavy (non-hydrogen) atoms. The first-order valence-electron chi connectivity index (χ1n) is 41.3. The molecule has 1 aliphatic heterocycles. The number of ether oxygens (including phenoxy) is 1. The van der Waals surface area contributed by atoms with Crippen LogP contribution in [0.15, 0.2) is 109 Å². The average molecular weight is 1830 g/mol. The monoisotopic (exact) mass is 1830 g/mol. The van der Waals surface area contributed by atoms with Gasteiger partial charge in [-0.2, -0.15) is 11.8 Å². The number of rotatable bonds is 47. The maximum absolute atomic E-state index is 15.6. The van der Waals surface area contributed by atoms with Crippen LogP contribution in [0.3, 0.4) is 0 Å². The third kappa shape index (κ3) is 34.2. The van der Waals surface area contributed by atoms with Crippen LogP contribution in [0.25, 0.3) is 21.8 Å². The largest absolute Gasteiger partial charge is 0.508 e. The molecule has 0 fully saturated rings. The number of para-hydroxylation sites is 2. The minimum atomic E-state index is -2.00. The number of benzene rings is 4. The number of phenols is 1. The second-order valence-electron chi connectivity index (χ2n) is 30.4. The van der Waals surface area contributed by atoms with Crippen molar-refractivity contribution in [3.63, 3.8) is 0 Å². The van der Waals surface area contributed by atoms with E-state index in [9.17, 15) is 82.4 Å². The number of nitrogens with one attached hydrogen (secondary N) is 17. The van der Waals surface area contributed by atoms with Gasteiger partial charge in [-0.25, -0.2) is 0 Å². The zero-order valence-electron chi connectivity index (χ0n) is 70.6. The maximum atomic E-state index is 15.6. The summed E-state index contributed by atoms with van der Waals surface area (Å²) in [5, 5.41) is 74.0. The Morgan fingerprint density at radius 2 is 1.04 bits per heavy atom. The van der Waals surface area contributed by atoms with E-state index >= 15 is 24.0 Å². The highest BCUT2D eigenvalue weighted by Crippen LogP contribution is 2.24. The lowest BCUT2D eigenvalue weighted by Crippen LogP contribution is -2.61. The van der Waals surface area contributed by atoms with Crippen molar-refractivity contribution in [1.82, 2.24) is 84.4 Å². The number of carboxylic acids is 2. The fourth-order valence-electron chi connectivity index (χ4n) is 13.6. The van der Waals surface area contributed by atoms with E-state index in [-0.39, 0.29) is 67.2 Å². The number of fused-ring (bicyclic) bond motifs is 3. The van der Waals surface area contributed by atoms with E-state index in [0.29, 0.717) is 52.3 Å². The molecule has 0 spiro atoms. The molecule has 3 heterocycles. The molecule has 0 aliphatic carbocycles. The molecular weight excluding hydrogens is 1720 g/mol. The van der Waals surface area contributed by atoms with Crippen LogP contribution in [0.4, 0.5) is 0 Å². The summed E-state index contributed by atoms with van der Waals surface area (Å²) in [6, 6.07) is 5.34. The van der Waals surface area contributed by atoms with Gasteiger partial charge in [0.25, 0.3) is 5.91 Å². The predicted molar refractivity (Wildman–Crippen MR) is 467 cm³/mol. The van der Waals surface area contributed by atoms with E-state index in [1.165, 1.54) is 60.9 Å². The normalized spacial score (nSPS) is 17.0. The molecule has 0 bridgehead atoms. The smallest absolute Gasteiger partial charge is 0.305 e. The number of hydrogen-bond donors (Lipinski definition) is 26. The van der Waals surface area contributed by atoms with Crippen LogP contribution in [-0.4, -0.2) is 255 Å². The first kappa shape index (κ1) is 102. The summed E-state index contributed by atoms with van der Waals surface area (Å²) in [5.74, 6) is -22.6. The van der Waals surface area contributed by atoms with E-state index in [0.717, 1.165) is 11.8 Å². The van der Waals surface area contributed by atoms with Gasteiger partial charge in [-0.05, 0) is 110 Å². The average Bonchev–Trinajstić information content (AvgIpc) is 1.58. The SMILES string of the molecule is N=C(N)NCCC[C@H](NC(=O)[C@H](Cc1c[nH]c2ccccc12)NC(=O)[C@H](Cc1ccc(O)cc1)NC(=O)[C@@H]1CSCc2ccccc2C(=O)N[C@@H](CCC(N)=O)C(=O)N[C@@H](CC(=O)O)C(=O)N[C@@H](Cc2c[nH]c3ccccc23)C(=O)N[C@@H](CCC(N)=O)C(=O)N1)C(=O)N[C@@H](CCC(=O)O)C(=O)N[C@@H](CC(N)=O)C(=O)NCC(=O)NCCOCC(=O)N[C@H](CCCCN)C(N)=O. The number of carbonyl (C=O) groups excluding carboxylic acids is 17. The first-order valence-corrected chi connectivity index (χ1v) is 42.5. The zero-order valence-corrected chi connectivity index (χ0v) is 71.4. The van der Waals surface area contributed by atoms with Gasteiger partial charge in [0.1, 0.15) is 78.8 Å². The molecule has 0 saturated heterocycles. The number of amides is 17. The molecule has 6 aromatic rings. The summed E-state index contributed by atoms with van der Waals surface area (Å²) >= 11 is 0.915. The fourth-order valence-corrected chi connectivity index (χ4v) is 14.7. The number of aromatic nitrogens is 2. The third-order valence-corrected chi connectivity index (χ3v) is 21.4. The molecular formula is C83H109N23O23S. The molecule has 1 aliphatic rings. The number of carbonyl (C=O) groups is 19. The number of aromatic hydroxyl groups is 1. The zero-order chi connectivity index (χ0) is 95.1. The lowest BCUT2D eigenvalue weighted by atomic mass is 10.0. The van der Waals surface area contributed by atoms with E-state index in [4.69, 9.17) is 44.5 Å². The van der Waals surface area contributed by atoms with E-state index in [1.807, 2.05) is 0 Å². The van der Waals surface area contributed by atoms with Gasteiger partial charge in [0, 0.05) is 103 Å². The molecule has 4 aromatic carbocycles. The highest BCUT2D eigenvalue weighted by atomic mass is 32.2. The lowest BCUT2D eigenvalue weighted by Gasteiger charge is -2.28. The number of unbranched alkanes of at least 4 members (excludes halogenated alkanes) is 1. The first-order chi connectivity index (χ1) is 61.9. The molecule has 17 amide bonds. The van der Waals surface area contributed by atoms with Gasteiger partial charge in [-0.15, -0.1) is 0 Å². The Balaban J connectivity index is 1.21. The Labute approximate surface area is 747 Å². The summed E-state index contributed by atoms with van der Waals surface area (Å²) in [6.07, 6.45) is -3.21. The van der Waals surface area contributed by atoms with Gasteiger partial charge in [0.2, 0.25) is 94.5 Å². The number of primary amides is 4. The van der Waals surface area contributed by atoms with Crippen LogP contribution in [0.1, 0.15) is 116 Å². The molecule has 0 saturated carbocycles. The molecule has 0 unspecified atom stereocenters. The van der Waals surface area contributed by atoms with Gasteiger partial charge in [-0.1, -0.05) is 66.7 Å². The van der Waals surface area contributed by atoms with Gasteiger partial charge in [0.15, 0.2) is 5.96 Å². The summed E-state index contributed by atoms with van der Waals surface area (Å²) in [4.78, 5) is 268. The van der Waals surface area contributed by atoms with Gasteiger partial charge in [-0.3, -0.25) is 96.5 Å². The summed E-state index contributed by atoms with van der Waals surface area (Å²) in [6.45, 7) is -1.53. The van der Waals surface area contributed by atoms with Crippen LogP contribution < -0.4 is 109 Å². The van der Waals surface area contributed by atoms with Gasteiger partial charge in [0.05, 0.1) is 26.0 Å². The Bertz CT molecular complexity index is 5090. The summed E-state index contributed by atoms with van der Waals surface area (Å²) in [7, 11) is 0. The minimum absolute atomic E-state index is 0.0900. The summed E-state index contributed by atoms with van der Waals surface area (Å²) in [5.41, 5.74) is 35.4. The Kier molecular flexibility index (Phi) is 40.7. The van der Waals surface area contributed by atoms with E-state index in [1.54, 1.807) is 48.5 Å². The minimum Gasteiger partial charge on any atom is -0.508 e. The van der Waals surface area contributed by atoms with Gasteiger partial charge >= 0.3 is 11.9 Å². The number of guanidine groups is 1.